The molecular formula is C25H39KO2. The summed E-state index contributed by atoms with van der Waals surface area (Å²) >= 11 is 0. The minimum atomic E-state index is -0.859. The Bertz CT molecular complexity index is 614. The van der Waals surface area contributed by atoms with E-state index in [-0.39, 0.29) is 57.8 Å². The summed E-state index contributed by atoms with van der Waals surface area (Å²) in [7, 11) is 0. The molecule has 0 aromatic rings. The number of carbonyl (C=O) groups is 1. The van der Waals surface area contributed by atoms with E-state index in [1.807, 2.05) is 5.57 Å². The first-order valence-electron chi connectivity index (χ1n) is 11.8. The average Bonchev–Trinajstić information content (AvgIpc) is 2.97. The van der Waals surface area contributed by atoms with Crippen LogP contribution in [0.25, 0.3) is 0 Å². The van der Waals surface area contributed by atoms with Gasteiger partial charge in [0.1, 0.15) is 0 Å². The first kappa shape index (κ1) is 23.5. The van der Waals surface area contributed by atoms with Crippen LogP contribution in [0, 0.1) is 40.4 Å². The normalized spacial score (nSPS) is 44.5. The summed E-state index contributed by atoms with van der Waals surface area (Å²) in [4.78, 5) is 11.1. The maximum absolute atomic E-state index is 11.1. The van der Waals surface area contributed by atoms with Gasteiger partial charge < -0.3 is 9.90 Å². The largest absolute Gasteiger partial charge is 1.00 e. The molecule has 0 aromatic carbocycles. The van der Waals surface area contributed by atoms with Crippen molar-refractivity contribution in [2.24, 2.45) is 40.4 Å². The zero-order chi connectivity index (χ0) is 19.2. The van der Waals surface area contributed by atoms with E-state index in [0.717, 1.165) is 30.1 Å². The summed E-state index contributed by atoms with van der Waals surface area (Å²) in [6.45, 7) is 7.48. The van der Waals surface area contributed by atoms with Crippen LogP contribution in [0.15, 0.2) is 11.6 Å². The summed E-state index contributed by atoms with van der Waals surface area (Å²) in [5.41, 5.74) is 2.63. The smallest absolute Gasteiger partial charge is 0.550 e. The van der Waals surface area contributed by atoms with E-state index >= 15 is 0 Å². The van der Waals surface area contributed by atoms with Crippen LogP contribution in [0.2, 0.25) is 0 Å². The fourth-order valence-corrected chi connectivity index (χ4v) is 8.43. The topological polar surface area (TPSA) is 40.1 Å². The van der Waals surface area contributed by atoms with E-state index in [1.165, 1.54) is 64.2 Å². The Morgan fingerprint density at radius 1 is 1.14 bits per heavy atom. The minimum absolute atomic E-state index is 0. The van der Waals surface area contributed by atoms with Crippen LogP contribution in [0.4, 0.5) is 0 Å². The fraction of sp³-hybridized carbons (Fsp3) is 0.880. The number of hydrogen-bond acceptors (Lipinski definition) is 2. The van der Waals surface area contributed by atoms with Gasteiger partial charge in [-0.05, 0) is 105 Å². The minimum Gasteiger partial charge on any atom is -0.550 e. The van der Waals surface area contributed by atoms with Crippen LogP contribution in [0.3, 0.4) is 0 Å². The molecular weight excluding hydrogens is 371 g/mol. The monoisotopic (exact) mass is 410 g/mol. The van der Waals surface area contributed by atoms with E-state index in [1.54, 1.807) is 0 Å². The second-order valence-corrected chi connectivity index (χ2v) is 10.8. The number of hydrogen-bond donors (Lipinski definition) is 0. The molecule has 0 aromatic heterocycles. The Labute approximate surface area is 215 Å². The summed E-state index contributed by atoms with van der Waals surface area (Å²) in [5, 5.41) is 11.1. The van der Waals surface area contributed by atoms with Crippen molar-refractivity contribution in [1.82, 2.24) is 0 Å². The van der Waals surface area contributed by atoms with Gasteiger partial charge in [0.25, 0.3) is 0 Å². The molecule has 3 saturated carbocycles. The Morgan fingerprint density at radius 3 is 2.64 bits per heavy atom. The van der Waals surface area contributed by atoms with E-state index in [4.69, 9.17) is 0 Å². The van der Waals surface area contributed by atoms with Gasteiger partial charge in [0, 0.05) is 5.97 Å². The van der Waals surface area contributed by atoms with Gasteiger partial charge in [0.05, 0.1) is 0 Å². The van der Waals surface area contributed by atoms with E-state index in [0.29, 0.717) is 16.7 Å². The summed E-state index contributed by atoms with van der Waals surface area (Å²) in [6.07, 6.45) is 17.1. The molecule has 0 bridgehead atoms. The molecule has 0 unspecified atom stereocenters. The molecule has 0 spiro atoms. The number of carboxylic acids is 1. The average molecular weight is 411 g/mol. The van der Waals surface area contributed by atoms with Crippen molar-refractivity contribution in [2.45, 2.75) is 97.8 Å². The molecule has 0 aliphatic heterocycles. The first-order chi connectivity index (χ1) is 12.9. The van der Waals surface area contributed by atoms with Crippen molar-refractivity contribution in [3.8, 4) is 0 Å². The number of allylic oxidation sites excluding steroid dienone is 2. The number of carboxylic acid groups (broad SMARTS) is 1. The summed E-state index contributed by atoms with van der Waals surface area (Å²) in [6, 6.07) is 0. The van der Waals surface area contributed by atoms with Gasteiger partial charge in [-0.1, -0.05) is 45.3 Å². The molecule has 0 N–H and O–H groups in total. The first-order valence-corrected chi connectivity index (χ1v) is 11.8. The molecule has 4 aliphatic rings. The van der Waals surface area contributed by atoms with Gasteiger partial charge in [-0.15, -0.1) is 0 Å². The number of fused-ring (bicyclic) bond motifs is 5. The van der Waals surface area contributed by atoms with Gasteiger partial charge in [0.2, 0.25) is 0 Å². The standard InChI is InChI=1S/C25H40O2.K/c1-4-7-17-16-19-8-5-6-14-24(19,2)21-13-15-25(3)18(10-12-22(26)27)9-11-20(25)23(17)21;/h8,17-18,20-21,23H,4-7,9-16H2,1-3H3,(H,26,27);/q;+1/p-1/t17-,18+,20+,21+,23+,24+,25-;/m1./s1. The maximum atomic E-state index is 11.1. The molecule has 0 saturated heterocycles. The third-order valence-electron chi connectivity index (χ3n) is 9.75. The molecule has 0 heterocycles. The number of rotatable bonds is 5. The Morgan fingerprint density at radius 2 is 1.93 bits per heavy atom. The Balaban J connectivity index is 0.00000225. The van der Waals surface area contributed by atoms with Gasteiger partial charge >= 0.3 is 51.4 Å². The van der Waals surface area contributed by atoms with Crippen LogP contribution < -0.4 is 56.5 Å². The second kappa shape index (κ2) is 9.15. The molecule has 7 atom stereocenters. The van der Waals surface area contributed by atoms with E-state index in [2.05, 4.69) is 26.8 Å². The summed E-state index contributed by atoms with van der Waals surface area (Å²) < 4.78 is 0. The Hall–Kier alpha value is 0.846. The zero-order valence-electron chi connectivity index (χ0n) is 18.8. The predicted molar refractivity (Wildman–Crippen MR) is 108 cm³/mol. The Kier molecular flexibility index (Phi) is 7.68. The van der Waals surface area contributed by atoms with Crippen molar-refractivity contribution in [3.63, 3.8) is 0 Å². The molecule has 3 fully saturated rings. The molecule has 0 radical (unpaired) electrons. The van der Waals surface area contributed by atoms with Gasteiger partial charge in [-0.25, -0.2) is 0 Å². The zero-order valence-corrected chi connectivity index (χ0v) is 21.9. The number of aliphatic carboxylic acids is 1. The summed E-state index contributed by atoms with van der Waals surface area (Å²) in [5.74, 6) is 3.16. The van der Waals surface area contributed by atoms with E-state index in [9.17, 15) is 9.90 Å². The van der Waals surface area contributed by atoms with Crippen molar-refractivity contribution >= 4 is 5.97 Å². The quantitative estimate of drug-likeness (QED) is 0.516. The van der Waals surface area contributed by atoms with Crippen molar-refractivity contribution in [3.05, 3.63) is 11.6 Å². The van der Waals surface area contributed by atoms with Crippen molar-refractivity contribution < 1.29 is 61.3 Å². The molecule has 2 nitrogen and oxygen atoms in total. The van der Waals surface area contributed by atoms with Gasteiger partial charge in [-0.2, -0.15) is 0 Å². The third kappa shape index (κ3) is 3.90. The molecule has 28 heavy (non-hydrogen) atoms. The van der Waals surface area contributed by atoms with Crippen LogP contribution in [0.5, 0.6) is 0 Å². The number of carbonyl (C=O) groups excluding carboxylic acids is 1. The predicted octanol–water partition coefficient (Wildman–Crippen LogP) is 2.52. The molecule has 3 heteroatoms. The van der Waals surface area contributed by atoms with Crippen molar-refractivity contribution in [1.29, 1.82) is 0 Å². The van der Waals surface area contributed by atoms with Gasteiger partial charge in [-0.3, -0.25) is 0 Å². The van der Waals surface area contributed by atoms with E-state index < -0.39 is 5.97 Å². The molecule has 0 amide bonds. The van der Waals surface area contributed by atoms with Crippen LogP contribution in [-0.2, 0) is 4.79 Å². The second-order valence-electron chi connectivity index (χ2n) is 10.8. The maximum Gasteiger partial charge on any atom is 1.00 e. The van der Waals surface area contributed by atoms with Crippen LogP contribution in [0.1, 0.15) is 97.8 Å². The SMILES string of the molecule is CCC[C@@H]1CC2=CCCC[C@]2(C)[C@H]2CC[C@]3(C)[C@H](CCC(=O)[O-])CC[C@H]3[C@H]12.[K+]. The van der Waals surface area contributed by atoms with Crippen LogP contribution in [-0.4, -0.2) is 5.97 Å². The van der Waals surface area contributed by atoms with Crippen LogP contribution >= 0.6 is 0 Å². The molecule has 4 rings (SSSR count). The third-order valence-corrected chi connectivity index (χ3v) is 9.75. The van der Waals surface area contributed by atoms with Crippen molar-refractivity contribution in [2.75, 3.05) is 0 Å². The molecule has 152 valence electrons. The molecule has 4 aliphatic carbocycles. The van der Waals surface area contributed by atoms with Gasteiger partial charge in [0.15, 0.2) is 0 Å². The fourth-order valence-electron chi connectivity index (χ4n) is 8.43.